The minimum Gasteiger partial charge on any atom is -0.481 e. The third kappa shape index (κ3) is 2.01. The van der Waals surface area contributed by atoms with Gasteiger partial charge in [0.1, 0.15) is 0 Å². The van der Waals surface area contributed by atoms with E-state index in [4.69, 9.17) is 5.11 Å². The van der Waals surface area contributed by atoms with Crippen LogP contribution in [0.2, 0.25) is 0 Å². The van der Waals surface area contributed by atoms with Gasteiger partial charge in [-0.1, -0.05) is 6.42 Å². The first-order valence-corrected chi connectivity index (χ1v) is 5.73. The number of aliphatic carboxylic acids is 1. The molecule has 4 nitrogen and oxygen atoms in total. The van der Waals surface area contributed by atoms with Gasteiger partial charge in [0.15, 0.2) is 0 Å². The Morgan fingerprint density at radius 3 is 2.53 bits per heavy atom. The van der Waals surface area contributed by atoms with Crippen LogP contribution in [0.25, 0.3) is 0 Å². The number of carboxylic acids is 1. The summed E-state index contributed by atoms with van der Waals surface area (Å²) in [5.74, 6) is -0.723. The van der Waals surface area contributed by atoms with E-state index in [1.54, 1.807) is 0 Å². The number of likely N-dealkylation sites (tertiary alicyclic amines) is 1. The highest BCUT2D eigenvalue weighted by Gasteiger charge is 2.42. The molecule has 0 spiro atoms. The number of nitrogens with zero attached hydrogens (tertiary/aromatic N) is 2. The normalized spacial score (nSPS) is 33.3. The predicted molar refractivity (Wildman–Crippen MR) is 57.8 cm³/mol. The van der Waals surface area contributed by atoms with Gasteiger partial charge in [-0.2, -0.15) is 0 Å². The maximum Gasteiger partial charge on any atom is 0.308 e. The van der Waals surface area contributed by atoms with E-state index in [-0.39, 0.29) is 5.92 Å². The van der Waals surface area contributed by atoms with Crippen molar-refractivity contribution in [3.8, 4) is 0 Å². The largest absolute Gasteiger partial charge is 0.481 e. The summed E-state index contributed by atoms with van der Waals surface area (Å²) in [5, 5.41) is 9.09. The van der Waals surface area contributed by atoms with Crippen LogP contribution >= 0.6 is 0 Å². The first kappa shape index (κ1) is 10.9. The molecule has 1 heterocycles. The molecule has 2 fully saturated rings. The minimum absolute atomic E-state index is 0.117. The van der Waals surface area contributed by atoms with E-state index in [2.05, 4.69) is 23.9 Å². The van der Waals surface area contributed by atoms with E-state index in [1.807, 2.05) is 0 Å². The molecule has 0 radical (unpaired) electrons. The standard InChI is InChI=1S/C11H20N2O2/c1-12(2)8-6-13(7-8)10-5-3-4-9(10)11(14)15/h8-10H,3-7H2,1-2H3,(H,14,15). The second-order valence-electron chi connectivity index (χ2n) is 5.01. The molecule has 15 heavy (non-hydrogen) atoms. The SMILES string of the molecule is CN(C)C1CN(C2CCCC2C(=O)O)C1. The number of rotatable bonds is 3. The van der Waals surface area contributed by atoms with Crippen molar-refractivity contribution in [2.24, 2.45) is 5.92 Å². The summed E-state index contributed by atoms with van der Waals surface area (Å²) >= 11 is 0. The first-order chi connectivity index (χ1) is 7.09. The highest BCUT2D eigenvalue weighted by molar-refractivity contribution is 5.71. The van der Waals surface area contributed by atoms with Crippen molar-refractivity contribution in [2.75, 3.05) is 27.2 Å². The topological polar surface area (TPSA) is 43.8 Å². The van der Waals surface area contributed by atoms with E-state index in [0.29, 0.717) is 12.1 Å². The van der Waals surface area contributed by atoms with Gasteiger partial charge >= 0.3 is 5.97 Å². The number of carbonyl (C=O) groups is 1. The Bertz CT molecular complexity index is 249. The maximum absolute atomic E-state index is 11.0. The van der Waals surface area contributed by atoms with Crippen LogP contribution in [0, 0.1) is 5.92 Å². The van der Waals surface area contributed by atoms with Crippen molar-refractivity contribution in [3.63, 3.8) is 0 Å². The quantitative estimate of drug-likeness (QED) is 0.739. The lowest BCUT2D eigenvalue weighted by atomic mass is 9.97. The van der Waals surface area contributed by atoms with Crippen molar-refractivity contribution in [3.05, 3.63) is 0 Å². The van der Waals surface area contributed by atoms with Crippen LogP contribution in [0.4, 0.5) is 0 Å². The summed E-state index contributed by atoms with van der Waals surface area (Å²) in [6.07, 6.45) is 3.00. The van der Waals surface area contributed by atoms with Gasteiger partial charge in [-0.05, 0) is 26.9 Å². The molecule has 2 rings (SSSR count). The third-order valence-corrected chi connectivity index (χ3v) is 3.89. The summed E-state index contributed by atoms with van der Waals surface area (Å²) in [4.78, 5) is 15.6. The molecule has 86 valence electrons. The molecule has 2 unspecified atom stereocenters. The van der Waals surface area contributed by atoms with Gasteiger partial charge < -0.3 is 10.0 Å². The van der Waals surface area contributed by atoms with E-state index in [0.717, 1.165) is 32.4 Å². The Morgan fingerprint density at radius 2 is 2.00 bits per heavy atom. The van der Waals surface area contributed by atoms with Gasteiger partial charge in [0.2, 0.25) is 0 Å². The average molecular weight is 212 g/mol. The van der Waals surface area contributed by atoms with Crippen molar-refractivity contribution in [1.29, 1.82) is 0 Å². The Hall–Kier alpha value is -0.610. The van der Waals surface area contributed by atoms with Gasteiger partial charge in [-0.3, -0.25) is 9.69 Å². The highest BCUT2D eigenvalue weighted by atomic mass is 16.4. The molecule has 0 amide bonds. The molecule has 1 N–H and O–H groups in total. The maximum atomic E-state index is 11.0. The zero-order valence-electron chi connectivity index (χ0n) is 9.52. The molecular weight excluding hydrogens is 192 g/mol. The summed E-state index contributed by atoms with van der Waals surface area (Å²) < 4.78 is 0. The van der Waals surface area contributed by atoms with Crippen LogP contribution in [-0.2, 0) is 4.79 Å². The third-order valence-electron chi connectivity index (χ3n) is 3.89. The van der Waals surface area contributed by atoms with Crippen LogP contribution in [0.5, 0.6) is 0 Å². The average Bonchev–Trinajstić information content (AvgIpc) is 2.48. The van der Waals surface area contributed by atoms with Gasteiger partial charge in [0.25, 0.3) is 0 Å². The second kappa shape index (κ2) is 4.10. The van der Waals surface area contributed by atoms with Crippen LogP contribution < -0.4 is 0 Å². The molecule has 0 bridgehead atoms. The summed E-state index contributed by atoms with van der Waals surface area (Å²) in [7, 11) is 4.18. The molecule has 2 aliphatic rings. The fourth-order valence-corrected chi connectivity index (χ4v) is 2.75. The zero-order valence-corrected chi connectivity index (χ0v) is 9.52. The fraction of sp³-hybridized carbons (Fsp3) is 0.909. The Labute approximate surface area is 90.9 Å². The van der Waals surface area contributed by atoms with Crippen molar-refractivity contribution < 1.29 is 9.90 Å². The second-order valence-corrected chi connectivity index (χ2v) is 5.01. The van der Waals surface area contributed by atoms with E-state index >= 15 is 0 Å². The number of hydrogen-bond donors (Lipinski definition) is 1. The van der Waals surface area contributed by atoms with Gasteiger partial charge in [-0.15, -0.1) is 0 Å². The Balaban J connectivity index is 1.88. The molecule has 2 atom stereocenters. The van der Waals surface area contributed by atoms with Gasteiger partial charge in [0, 0.05) is 25.2 Å². The predicted octanol–water partition coefficient (Wildman–Crippen LogP) is 0.485. The first-order valence-electron chi connectivity index (χ1n) is 5.73. The molecule has 1 aliphatic carbocycles. The van der Waals surface area contributed by atoms with E-state index in [9.17, 15) is 4.79 Å². The lowest BCUT2D eigenvalue weighted by Gasteiger charge is -2.47. The molecule has 1 aliphatic heterocycles. The summed E-state index contributed by atoms with van der Waals surface area (Å²) in [6, 6.07) is 0.929. The number of likely N-dealkylation sites (N-methyl/N-ethyl adjacent to an activating group) is 1. The van der Waals surface area contributed by atoms with Crippen LogP contribution in [-0.4, -0.2) is 60.1 Å². The Morgan fingerprint density at radius 1 is 1.33 bits per heavy atom. The van der Waals surface area contributed by atoms with Gasteiger partial charge in [-0.25, -0.2) is 0 Å². The molecule has 1 saturated heterocycles. The highest BCUT2D eigenvalue weighted by Crippen LogP contribution is 2.33. The molecule has 0 aromatic rings. The molecule has 0 aromatic carbocycles. The smallest absolute Gasteiger partial charge is 0.308 e. The van der Waals surface area contributed by atoms with Crippen LogP contribution in [0.3, 0.4) is 0 Å². The lowest BCUT2D eigenvalue weighted by molar-refractivity contribution is -0.144. The van der Waals surface area contributed by atoms with E-state index in [1.165, 1.54) is 0 Å². The summed E-state index contributed by atoms with van der Waals surface area (Å²) in [6.45, 7) is 2.09. The zero-order chi connectivity index (χ0) is 11.0. The van der Waals surface area contributed by atoms with Crippen molar-refractivity contribution in [2.45, 2.75) is 31.3 Å². The molecule has 1 saturated carbocycles. The lowest BCUT2D eigenvalue weighted by Crippen LogP contribution is -2.61. The number of carboxylic acid groups (broad SMARTS) is 1. The fourth-order valence-electron chi connectivity index (χ4n) is 2.75. The number of hydrogen-bond acceptors (Lipinski definition) is 3. The van der Waals surface area contributed by atoms with Crippen molar-refractivity contribution >= 4 is 5.97 Å². The van der Waals surface area contributed by atoms with E-state index < -0.39 is 5.97 Å². The monoisotopic (exact) mass is 212 g/mol. The molecular formula is C11H20N2O2. The summed E-state index contributed by atoms with van der Waals surface area (Å²) in [5.41, 5.74) is 0. The molecule has 4 heteroatoms. The van der Waals surface area contributed by atoms with Gasteiger partial charge in [0.05, 0.1) is 5.92 Å². The van der Waals surface area contributed by atoms with Crippen molar-refractivity contribution in [1.82, 2.24) is 9.80 Å². The van der Waals surface area contributed by atoms with Crippen LogP contribution in [0.1, 0.15) is 19.3 Å². The molecule has 0 aromatic heterocycles. The van der Waals surface area contributed by atoms with Crippen LogP contribution in [0.15, 0.2) is 0 Å². The Kier molecular flexibility index (Phi) is 2.98. The minimum atomic E-state index is -0.606.